The van der Waals surface area contributed by atoms with Gasteiger partial charge in [0.1, 0.15) is 0 Å². The van der Waals surface area contributed by atoms with Crippen molar-refractivity contribution in [1.29, 1.82) is 0 Å². The Morgan fingerprint density at radius 3 is 2.15 bits per heavy atom. The highest BCUT2D eigenvalue weighted by atomic mass is 16.1. The summed E-state index contributed by atoms with van der Waals surface area (Å²) in [5, 5.41) is 3.17. The zero-order chi connectivity index (χ0) is 15.1. The lowest BCUT2D eigenvalue weighted by molar-refractivity contribution is -0.131. The van der Waals surface area contributed by atoms with Crippen LogP contribution in [0.3, 0.4) is 0 Å². The minimum Gasteiger partial charge on any atom is -0.352 e. The van der Waals surface area contributed by atoms with Crippen molar-refractivity contribution in [1.82, 2.24) is 5.32 Å². The second-order valence-corrected chi connectivity index (χ2v) is 7.28. The van der Waals surface area contributed by atoms with Crippen molar-refractivity contribution in [2.75, 3.05) is 0 Å². The SMILES string of the molecule is Cc1ccc(CC(=O)NC2C(C)(C)C(N)C2(C)C)cc1. The van der Waals surface area contributed by atoms with Gasteiger partial charge in [0.2, 0.25) is 5.91 Å². The van der Waals surface area contributed by atoms with E-state index in [1.54, 1.807) is 0 Å². The van der Waals surface area contributed by atoms with Gasteiger partial charge >= 0.3 is 0 Å². The standard InChI is InChI=1S/C17H26N2O/c1-11-6-8-12(9-7-11)10-13(20)19-15-16(2,3)14(18)17(15,4)5/h6-9,14-15H,10,18H2,1-5H3,(H,19,20). The van der Waals surface area contributed by atoms with Crippen LogP contribution >= 0.6 is 0 Å². The molecule has 0 unspecified atom stereocenters. The summed E-state index contributed by atoms with van der Waals surface area (Å²) in [4.78, 5) is 12.2. The van der Waals surface area contributed by atoms with E-state index < -0.39 is 0 Å². The molecular formula is C17H26N2O. The van der Waals surface area contributed by atoms with Crippen LogP contribution in [0.25, 0.3) is 0 Å². The minimum atomic E-state index is -0.0492. The Hall–Kier alpha value is -1.35. The summed E-state index contributed by atoms with van der Waals surface area (Å²) in [6.45, 7) is 10.5. The van der Waals surface area contributed by atoms with Crippen molar-refractivity contribution >= 4 is 5.91 Å². The van der Waals surface area contributed by atoms with Crippen molar-refractivity contribution < 1.29 is 4.79 Å². The van der Waals surface area contributed by atoms with E-state index in [9.17, 15) is 4.79 Å². The van der Waals surface area contributed by atoms with Gasteiger partial charge in [-0.2, -0.15) is 0 Å². The van der Waals surface area contributed by atoms with Crippen LogP contribution in [0, 0.1) is 17.8 Å². The van der Waals surface area contributed by atoms with Gasteiger partial charge in [-0.3, -0.25) is 4.79 Å². The summed E-state index contributed by atoms with van der Waals surface area (Å²) < 4.78 is 0. The zero-order valence-corrected chi connectivity index (χ0v) is 13.2. The fourth-order valence-electron chi connectivity index (χ4n) is 3.66. The van der Waals surface area contributed by atoms with E-state index in [0.29, 0.717) is 6.42 Å². The first-order valence-electron chi connectivity index (χ1n) is 7.26. The van der Waals surface area contributed by atoms with Gasteiger partial charge in [0.25, 0.3) is 0 Å². The maximum Gasteiger partial charge on any atom is 0.224 e. The van der Waals surface area contributed by atoms with Gasteiger partial charge in [0.15, 0.2) is 0 Å². The summed E-state index contributed by atoms with van der Waals surface area (Å²) in [6.07, 6.45) is 0.429. The number of hydrogen-bond donors (Lipinski definition) is 2. The molecule has 0 radical (unpaired) electrons. The first kappa shape index (κ1) is 15.0. The van der Waals surface area contributed by atoms with E-state index in [4.69, 9.17) is 5.73 Å². The van der Waals surface area contributed by atoms with Gasteiger partial charge in [-0.15, -0.1) is 0 Å². The number of amides is 1. The smallest absolute Gasteiger partial charge is 0.224 e. The van der Waals surface area contributed by atoms with Crippen LogP contribution in [0.15, 0.2) is 24.3 Å². The van der Waals surface area contributed by atoms with Gasteiger partial charge in [-0.25, -0.2) is 0 Å². The Balaban J connectivity index is 2.00. The van der Waals surface area contributed by atoms with Crippen molar-refractivity contribution in [2.45, 2.75) is 53.1 Å². The first-order valence-corrected chi connectivity index (χ1v) is 7.26. The summed E-state index contributed by atoms with van der Waals surface area (Å²) in [5.74, 6) is 0.0758. The summed E-state index contributed by atoms with van der Waals surface area (Å²) in [6, 6.07) is 8.34. The quantitative estimate of drug-likeness (QED) is 0.889. The van der Waals surface area contributed by atoms with Gasteiger partial charge in [-0.1, -0.05) is 57.5 Å². The van der Waals surface area contributed by atoms with Crippen LogP contribution in [0.2, 0.25) is 0 Å². The largest absolute Gasteiger partial charge is 0.352 e. The fraction of sp³-hybridized carbons (Fsp3) is 0.588. The number of nitrogens with one attached hydrogen (secondary N) is 1. The van der Waals surface area contributed by atoms with Crippen molar-refractivity contribution in [3.05, 3.63) is 35.4 Å². The lowest BCUT2D eigenvalue weighted by Gasteiger charge is -2.62. The molecular weight excluding hydrogens is 248 g/mol. The lowest BCUT2D eigenvalue weighted by Crippen LogP contribution is -2.76. The highest BCUT2D eigenvalue weighted by molar-refractivity contribution is 5.79. The third-order valence-corrected chi connectivity index (χ3v) is 4.88. The predicted octanol–water partition coefficient (Wildman–Crippen LogP) is 2.42. The number of carbonyl (C=O) groups excluding carboxylic acids is 1. The molecule has 1 amide bonds. The Morgan fingerprint density at radius 1 is 1.15 bits per heavy atom. The first-order chi connectivity index (χ1) is 9.15. The zero-order valence-electron chi connectivity index (χ0n) is 13.2. The van der Waals surface area contributed by atoms with Gasteiger partial charge in [-0.05, 0) is 12.5 Å². The van der Waals surface area contributed by atoms with E-state index in [-0.39, 0.29) is 28.8 Å². The van der Waals surface area contributed by atoms with Crippen LogP contribution < -0.4 is 11.1 Å². The molecule has 0 spiro atoms. The van der Waals surface area contributed by atoms with Crippen molar-refractivity contribution in [3.63, 3.8) is 0 Å². The average molecular weight is 274 g/mol. The molecule has 1 aromatic carbocycles. The van der Waals surface area contributed by atoms with Crippen molar-refractivity contribution in [3.8, 4) is 0 Å². The minimum absolute atomic E-state index is 0.0492. The summed E-state index contributed by atoms with van der Waals surface area (Å²) >= 11 is 0. The van der Waals surface area contributed by atoms with E-state index in [1.165, 1.54) is 5.56 Å². The topological polar surface area (TPSA) is 55.1 Å². The van der Waals surface area contributed by atoms with Crippen LogP contribution in [0.5, 0.6) is 0 Å². The van der Waals surface area contributed by atoms with E-state index >= 15 is 0 Å². The van der Waals surface area contributed by atoms with Crippen LogP contribution in [-0.4, -0.2) is 18.0 Å². The highest BCUT2D eigenvalue weighted by Gasteiger charge is 2.60. The predicted molar refractivity (Wildman–Crippen MR) is 82.4 cm³/mol. The van der Waals surface area contributed by atoms with E-state index in [0.717, 1.165) is 5.56 Å². The molecule has 1 aliphatic rings. The molecule has 3 nitrogen and oxygen atoms in total. The summed E-state index contributed by atoms with van der Waals surface area (Å²) in [5.41, 5.74) is 8.38. The molecule has 0 heterocycles. The number of rotatable bonds is 3. The molecule has 0 atom stereocenters. The Morgan fingerprint density at radius 2 is 1.65 bits per heavy atom. The van der Waals surface area contributed by atoms with Gasteiger partial charge in [0, 0.05) is 22.9 Å². The van der Waals surface area contributed by atoms with Crippen LogP contribution in [-0.2, 0) is 11.2 Å². The molecule has 0 aliphatic heterocycles. The molecule has 0 saturated heterocycles. The monoisotopic (exact) mass is 274 g/mol. The maximum absolute atomic E-state index is 12.2. The number of carbonyl (C=O) groups is 1. The third-order valence-electron chi connectivity index (χ3n) is 4.88. The second-order valence-electron chi connectivity index (χ2n) is 7.28. The molecule has 1 saturated carbocycles. The normalized spacial score (nSPS) is 26.7. The number of nitrogens with two attached hydrogens (primary N) is 1. The molecule has 3 heteroatoms. The molecule has 1 aliphatic carbocycles. The highest BCUT2D eigenvalue weighted by Crippen LogP contribution is 2.52. The van der Waals surface area contributed by atoms with E-state index in [2.05, 4.69) is 33.0 Å². The molecule has 0 bridgehead atoms. The maximum atomic E-state index is 12.2. The van der Waals surface area contributed by atoms with Crippen molar-refractivity contribution in [2.24, 2.45) is 16.6 Å². The fourth-order valence-corrected chi connectivity index (χ4v) is 3.66. The van der Waals surface area contributed by atoms with Gasteiger partial charge < -0.3 is 11.1 Å². The Labute approximate surface area is 121 Å². The number of hydrogen-bond acceptors (Lipinski definition) is 2. The molecule has 0 aromatic heterocycles. The molecule has 2 rings (SSSR count). The molecule has 20 heavy (non-hydrogen) atoms. The molecule has 3 N–H and O–H groups in total. The van der Waals surface area contributed by atoms with E-state index in [1.807, 2.05) is 31.2 Å². The number of aryl methyl sites for hydroxylation is 1. The average Bonchev–Trinajstić information content (AvgIpc) is 2.37. The Kier molecular flexibility index (Phi) is 3.67. The summed E-state index contributed by atoms with van der Waals surface area (Å²) in [7, 11) is 0. The van der Waals surface area contributed by atoms with Crippen LogP contribution in [0.1, 0.15) is 38.8 Å². The van der Waals surface area contributed by atoms with Gasteiger partial charge in [0.05, 0.1) is 6.42 Å². The third kappa shape index (κ3) is 2.47. The molecule has 1 fully saturated rings. The molecule has 110 valence electrons. The Bertz CT molecular complexity index is 486. The molecule has 1 aromatic rings. The lowest BCUT2D eigenvalue weighted by atomic mass is 9.48. The van der Waals surface area contributed by atoms with Crippen LogP contribution in [0.4, 0.5) is 0 Å². The number of benzene rings is 1. The second kappa shape index (κ2) is 4.88.